The van der Waals surface area contributed by atoms with E-state index in [1.807, 2.05) is 6.07 Å². The number of hydrogen-bond donors (Lipinski definition) is 0. The molecule has 3 heteroatoms. The van der Waals surface area contributed by atoms with Crippen LogP contribution in [-0.4, -0.2) is 0 Å². The highest BCUT2D eigenvalue weighted by Gasteiger charge is 2.18. The minimum absolute atomic E-state index is 0.323. The lowest BCUT2D eigenvalue weighted by molar-refractivity contribution is 0.573. The maximum atomic E-state index is 13.8. The van der Waals surface area contributed by atoms with Crippen molar-refractivity contribution in [1.29, 1.82) is 0 Å². The van der Waals surface area contributed by atoms with Crippen LogP contribution in [0.4, 0.5) is 8.78 Å². The lowest BCUT2D eigenvalue weighted by atomic mass is 9.89. The molecule has 0 amide bonds. The first-order chi connectivity index (χ1) is 9.65. The van der Waals surface area contributed by atoms with E-state index in [4.69, 9.17) is 11.6 Å². The third-order valence-corrected chi connectivity index (χ3v) is 4.39. The van der Waals surface area contributed by atoms with Gasteiger partial charge in [-0.3, -0.25) is 0 Å². The summed E-state index contributed by atoms with van der Waals surface area (Å²) in [6, 6.07) is 9.64. The Bertz CT molecular complexity index is 637. The van der Waals surface area contributed by atoms with Crippen LogP contribution in [0.15, 0.2) is 36.4 Å². The van der Waals surface area contributed by atoms with Crippen LogP contribution < -0.4 is 0 Å². The average Bonchev–Trinajstić information content (AvgIpc) is 2.46. The van der Waals surface area contributed by atoms with Crippen molar-refractivity contribution in [3.63, 3.8) is 0 Å². The molecule has 0 saturated heterocycles. The summed E-state index contributed by atoms with van der Waals surface area (Å²) in [5.74, 6) is -1.18. The van der Waals surface area contributed by atoms with Gasteiger partial charge >= 0.3 is 0 Å². The van der Waals surface area contributed by atoms with Crippen LogP contribution in [0.5, 0.6) is 0 Å². The van der Waals surface area contributed by atoms with Crippen LogP contribution >= 0.6 is 11.6 Å². The minimum Gasteiger partial charge on any atom is -0.207 e. The van der Waals surface area contributed by atoms with Gasteiger partial charge in [-0.1, -0.05) is 24.3 Å². The van der Waals surface area contributed by atoms with E-state index in [2.05, 4.69) is 12.1 Å². The fourth-order valence-electron chi connectivity index (χ4n) is 2.80. The molecule has 0 aliphatic heterocycles. The first kappa shape index (κ1) is 13.6. The van der Waals surface area contributed by atoms with E-state index in [9.17, 15) is 8.78 Å². The van der Waals surface area contributed by atoms with E-state index in [0.717, 1.165) is 24.5 Å². The first-order valence-corrected chi connectivity index (χ1v) is 7.29. The van der Waals surface area contributed by atoms with Crippen molar-refractivity contribution in [1.82, 2.24) is 0 Å². The quantitative estimate of drug-likeness (QED) is 0.670. The van der Waals surface area contributed by atoms with Crippen molar-refractivity contribution in [2.24, 2.45) is 0 Å². The topological polar surface area (TPSA) is 0 Å². The number of rotatable bonds is 2. The summed E-state index contributed by atoms with van der Waals surface area (Å²) >= 11 is 6.37. The molecule has 0 saturated carbocycles. The largest absolute Gasteiger partial charge is 0.207 e. The lowest BCUT2D eigenvalue weighted by Gasteiger charge is -2.19. The molecule has 1 aliphatic carbocycles. The molecule has 2 aromatic carbocycles. The Labute approximate surface area is 122 Å². The zero-order chi connectivity index (χ0) is 14.1. The van der Waals surface area contributed by atoms with E-state index in [-0.39, 0.29) is 0 Å². The Hall–Kier alpha value is -1.41. The van der Waals surface area contributed by atoms with E-state index >= 15 is 0 Å². The van der Waals surface area contributed by atoms with Gasteiger partial charge in [-0.15, -0.1) is 11.6 Å². The van der Waals surface area contributed by atoms with Crippen LogP contribution in [0, 0.1) is 11.6 Å². The number of fused-ring (bicyclic) bond motifs is 1. The summed E-state index contributed by atoms with van der Waals surface area (Å²) in [5, 5.41) is -0.581. The third kappa shape index (κ3) is 2.57. The molecule has 0 fully saturated rings. The number of alkyl halides is 1. The van der Waals surface area contributed by atoms with Crippen LogP contribution in [0.3, 0.4) is 0 Å². The van der Waals surface area contributed by atoms with Gasteiger partial charge in [0.05, 0.1) is 5.38 Å². The van der Waals surface area contributed by atoms with Crippen LogP contribution in [0.25, 0.3) is 0 Å². The average molecular weight is 293 g/mol. The van der Waals surface area contributed by atoms with Crippen molar-refractivity contribution in [3.8, 4) is 0 Å². The van der Waals surface area contributed by atoms with Crippen molar-refractivity contribution < 1.29 is 8.78 Å². The summed E-state index contributed by atoms with van der Waals surface area (Å²) in [6.07, 6.45) is 4.57. The fourth-order valence-corrected chi connectivity index (χ4v) is 3.11. The maximum Gasteiger partial charge on any atom is 0.131 e. The summed E-state index contributed by atoms with van der Waals surface area (Å²) in [4.78, 5) is 0. The lowest BCUT2D eigenvalue weighted by Crippen LogP contribution is -2.05. The monoisotopic (exact) mass is 292 g/mol. The predicted octanol–water partition coefficient (Wildman–Crippen LogP) is 5.17. The van der Waals surface area contributed by atoms with E-state index < -0.39 is 17.0 Å². The molecule has 20 heavy (non-hydrogen) atoms. The molecular weight excluding hydrogens is 278 g/mol. The molecule has 0 bridgehead atoms. The molecule has 104 valence electrons. The summed E-state index contributed by atoms with van der Waals surface area (Å²) in [6.45, 7) is 0. The summed E-state index contributed by atoms with van der Waals surface area (Å²) in [7, 11) is 0. The Morgan fingerprint density at radius 3 is 2.40 bits per heavy atom. The van der Waals surface area contributed by atoms with E-state index in [0.29, 0.717) is 5.56 Å². The van der Waals surface area contributed by atoms with E-state index in [1.54, 1.807) is 0 Å². The normalized spacial score (nSPS) is 15.8. The van der Waals surface area contributed by atoms with Gasteiger partial charge in [0.1, 0.15) is 11.6 Å². The highest BCUT2D eigenvalue weighted by Crippen LogP contribution is 2.33. The third-order valence-electron chi connectivity index (χ3n) is 3.90. The van der Waals surface area contributed by atoms with Gasteiger partial charge < -0.3 is 0 Å². The van der Waals surface area contributed by atoms with Gasteiger partial charge in [0, 0.05) is 11.6 Å². The Kier molecular flexibility index (Phi) is 3.75. The molecule has 0 heterocycles. The Balaban J connectivity index is 1.95. The highest BCUT2D eigenvalue weighted by atomic mass is 35.5. The van der Waals surface area contributed by atoms with Crippen molar-refractivity contribution in [2.45, 2.75) is 31.1 Å². The molecule has 0 nitrogen and oxygen atoms in total. The standard InChI is InChI=1S/C17H15ClF2/c18-17(15-8-7-14(19)10-16(15)20)13-6-5-11-3-1-2-4-12(11)9-13/h5-10,17H,1-4H2. The van der Waals surface area contributed by atoms with Crippen LogP contribution in [0.1, 0.15) is 40.5 Å². The molecule has 2 aromatic rings. The second kappa shape index (κ2) is 5.53. The molecule has 1 unspecified atom stereocenters. The van der Waals surface area contributed by atoms with Gasteiger partial charge in [0.2, 0.25) is 0 Å². The molecular formula is C17H15ClF2. The van der Waals surface area contributed by atoms with Crippen molar-refractivity contribution >= 4 is 11.6 Å². The highest BCUT2D eigenvalue weighted by molar-refractivity contribution is 6.22. The van der Waals surface area contributed by atoms with Gasteiger partial charge in [-0.2, -0.15) is 0 Å². The van der Waals surface area contributed by atoms with Gasteiger partial charge in [-0.25, -0.2) is 8.78 Å². The molecule has 0 radical (unpaired) electrons. The van der Waals surface area contributed by atoms with Crippen LogP contribution in [0.2, 0.25) is 0 Å². The second-order valence-corrected chi connectivity index (χ2v) is 5.70. The van der Waals surface area contributed by atoms with Gasteiger partial charge in [-0.05, 0) is 48.4 Å². The molecule has 0 aromatic heterocycles. The van der Waals surface area contributed by atoms with Crippen LogP contribution in [-0.2, 0) is 12.8 Å². The molecule has 0 N–H and O–H groups in total. The Morgan fingerprint density at radius 2 is 1.65 bits per heavy atom. The second-order valence-electron chi connectivity index (χ2n) is 5.26. The number of benzene rings is 2. The van der Waals surface area contributed by atoms with Gasteiger partial charge in [0.15, 0.2) is 0 Å². The predicted molar refractivity (Wildman–Crippen MR) is 77.1 cm³/mol. The first-order valence-electron chi connectivity index (χ1n) is 6.86. The van der Waals surface area contributed by atoms with E-state index in [1.165, 1.54) is 36.1 Å². The SMILES string of the molecule is Fc1ccc(C(Cl)c2ccc3c(c2)CCCC3)c(F)c1. The number of aryl methyl sites for hydroxylation is 2. The Morgan fingerprint density at radius 1 is 0.900 bits per heavy atom. The summed E-state index contributed by atoms with van der Waals surface area (Å²) < 4.78 is 26.8. The molecule has 0 spiro atoms. The maximum absolute atomic E-state index is 13.8. The smallest absolute Gasteiger partial charge is 0.131 e. The molecule has 1 atom stereocenters. The summed E-state index contributed by atoms with van der Waals surface area (Å²) in [5.41, 5.74) is 3.87. The molecule has 1 aliphatic rings. The van der Waals surface area contributed by atoms with Gasteiger partial charge in [0.25, 0.3) is 0 Å². The minimum atomic E-state index is -0.595. The zero-order valence-electron chi connectivity index (χ0n) is 11.0. The fraction of sp³-hybridized carbons (Fsp3) is 0.294. The zero-order valence-corrected chi connectivity index (χ0v) is 11.8. The number of halogens is 3. The van der Waals surface area contributed by atoms with Crippen molar-refractivity contribution in [3.05, 3.63) is 70.3 Å². The molecule has 3 rings (SSSR count). The van der Waals surface area contributed by atoms with Crippen molar-refractivity contribution in [2.75, 3.05) is 0 Å². The number of hydrogen-bond acceptors (Lipinski definition) is 0.